The lowest BCUT2D eigenvalue weighted by molar-refractivity contribution is -0.384. The molecule has 0 saturated heterocycles. The van der Waals surface area contributed by atoms with Crippen LogP contribution < -0.4 is 38.1 Å². The smallest absolute Gasteiger partial charge is 0.410 e. The maximum atomic E-state index is 14.0. The third kappa shape index (κ3) is 14.6. The first-order valence-corrected chi connectivity index (χ1v) is 28.2. The second-order valence-electron chi connectivity index (χ2n) is 21.2. The number of imide groups is 3. The molecule has 9 N–H and O–H groups in total. The van der Waals surface area contributed by atoms with Crippen LogP contribution in [0.3, 0.4) is 0 Å². The maximum Gasteiger partial charge on any atom is 0.410 e. The van der Waals surface area contributed by atoms with Gasteiger partial charge in [-0.25, -0.2) is 9.59 Å². The molecule has 0 spiro atoms. The van der Waals surface area contributed by atoms with Crippen LogP contribution in [0.1, 0.15) is 106 Å². The van der Waals surface area contributed by atoms with E-state index >= 15 is 0 Å². The number of hydrogen-bond donors (Lipinski definition) is 7. The first-order chi connectivity index (χ1) is 41.2. The lowest BCUT2D eigenvalue weighted by Crippen LogP contribution is -2.54. The van der Waals surface area contributed by atoms with Crippen LogP contribution in [0.5, 0.6) is 0 Å². The number of nitrogens with two attached hydrogens (primary N) is 2. The third-order valence-electron chi connectivity index (χ3n) is 14.9. The summed E-state index contributed by atoms with van der Waals surface area (Å²) in [5, 5.41) is 27.3. The Labute approximate surface area is 493 Å². The van der Waals surface area contributed by atoms with Gasteiger partial charge < -0.3 is 47.7 Å². The SMILES string of the molecule is CC(C)C(NC(=O)CCCCCN1C(=O)C=CC1=O)C(=O)N[C@@H](CCCNC(N)=O)C(=O)Nc1ccc(COC(=O)N(CCCNCCN2C(=O)c3cccc4cc([N+](=O)[O-])cc(c34)C2=O)CCN2C(=O)c3cccc4c(N)ccc(c34)C2=O)cc1. The number of benzene rings is 5. The molecule has 0 saturated carbocycles. The second kappa shape index (κ2) is 28.0. The summed E-state index contributed by atoms with van der Waals surface area (Å²) in [6.07, 6.45) is 3.78. The number of nitrogens with one attached hydrogen (secondary N) is 5. The summed E-state index contributed by atoms with van der Waals surface area (Å²) >= 11 is 0. The molecule has 86 heavy (non-hydrogen) atoms. The quantitative estimate of drug-likeness (QED) is 0.0114. The van der Waals surface area contributed by atoms with E-state index < -0.39 is 70.5 Å². The predicted molar refractivity (Wildman–Crippen MR) is 314 cm³/mol. The van der Waals surface area contributed by atoms with Gasteiger partial charge in [-0.15, -0.1) is 0 Å². The largest absolute Gasteiger partial charge is 0.445 e. The summed E-state index contributed by atoms with van der Waals surface area (Å²) in [6.45, 7) is 3.59. The molecule has 3 heterocycles. The molecule has 8 rings (SSSR count). The van der Waals surface area contributed by atoms with Gasteiger partial charge in [0.05, 0.1) is 10.5 Å². The average molecular weight is 1180 g/mol. The van der Waals surface area contributed by atoms with Gasteiger partial charge in [-0.05, 0) is 91.9 Å². The number of rotatable bonds is 29. The summed E-state index contributed by atoms with van der Waals surface area (Å²) in [6, 6.07) is 18.8. The van der Waals surface area contributed by atoms with E-state index in [2.05, 4.69) is 26.6 Å². The maximum absolute atomic E-state index is 14.0. The number of anilines is 2. The number of ether oxygens (including phenoxy) is 1. The Morgan fingerprint density at radius 1 is 0.663 bits per heavy atom. The number of nitrogens with zero attached hydrogens (tertiary/aromatic N) is 5. The number of nitro benzene ring substituents is 1. The van der Waals surface area contributed by atoms with Crippen molar-refractivity contribution in [1.29, 1.82) is 0 Å². The first-order valence-electron chi connectivity index (χ1n) is 28.2. The van der Waals surface area contributed by atoms with Gasteiger partial charge in [0.25, 0.3) is 41.1 Å². The van der Waals surface area contributed by atoms with Crippen molar-refractivity contribution in [3.05, 3.63) is 135 Å². The van der Waals surface area contributed by atoms with Crippen LogP contribution in [-0.2, 0) is 35.3 Å². The summed E-state index contributed by atoms with van der Waals surface area (Å²) in [7, 11) is 0. The van der Waals surface area contributed by atoms with E-state index in [1.54, 1.807) is 86.6 Å². The second-order valence-corrected chi connectivity index (χ2v) is 21.2. The summed E-state index contributed by atoms with van der Waals surface area (Å²) in [5.41, 5.74) is 13.2. The van der Waals surface area contributed by atoms with Crippen LogP contribution >= 0.6 is 0 Å². The molecule has 0 aliphatic carbocycles. The highest BCUT2D eigenvalue weighted by atomic mass is 16.6. The van der Waals surface area contributed by atoms with E-state index in [1.807, 2.05) is 0 Å². The molecule has 2 atom stereocenters. The lowest BCUT2D eigenvalue weighted by Gasteiger charge is -2.30. The number of hydrogen-bond acceptors (Lipinski definition) is 16. The molecule has 3 aliphatic heterocycles. The Balaban J connectivity index is 0.870. The van der Waals surface area contributed by atoms with E-state index in [-0.39, 0.29) is 124 Å². The van der Waals surface area contributed by atoms with Gasteiger partial charge in [0.1, 0.15) is 18.7 Å². The van der Waals surface area contributed by atoms with E-state index in [4.69, 9.17) is 16.2 Å². The molecule has 5 aromatic carbocycles. The van der Waals surface area contributed by atoms with Crippen molar-refractivity contribution >= 4 is 104 Å². The fourth-order valence-electron chi connectivity index (χ4n) is 10.4. The van der Waals surface area contributed by atoms with Crippen molar-refractivity contribution in [3.63, 3.8) is 0 Å². The van der Waals surface area contributed by atoms with Crippen LogP contribution in [-0.4, -0.2) is 154 Å². The van der Waals surface area contributed by atoms with E-state index in [9.17, 15) is 62.9 Å². The Hall–Kier alpha value is -10.1. The third-order valence-corrected chi connectivity index (χ3v) is 14.9. The highest BCUT2D eigenvalue weighted by molar-refractivity contribution is 6.27. The van der Waals surface area contributed by atoms with Gasteiger partial charge in [0.15, 0.2) is 0 Å². The minimum Gasteiger partial charge on any atom is -0.445 e. The van der Waals surface area contributed by atoms with Gasteiger partial charge in [-0.1, -0.05) is 56.7 Å². The molecule has 0 bridgehead atoms. The Bertz CT molecular complexity index is 3530. The molecule has 26 nitrogen and oxygen atoms in total. The lowest BCUT2D eigenvalue weighted by atomic mass is 9.93. The molecule has 1 unspecified atom stereocenters. The molecule has 3 aliphatic rings. The zero-order chi connectivity index (χ0) is 61.8. The number of non-ortho nitro benzene ring substituents is 1. The zero-order valence-electron chi connectivity index (χ0n) is 47.4. The van der Waals surface area contributed by atoms with Gasteiger partial charge in [0, 0.05) is 121 Å². The Morgan fingerprint density at radius 3 is 2.01 bits per heavy atom. The molecule has 0 radical (unpaired) electrons. The topological polar surface area (TPSA) is 365 Å². The molecular formula is C60H66N12O14. The number of primary amides is 1. The monoisotopic (exact) mass is 1180 g/mol. The van der Waals surface area contributed by atoms with E-state index in [0.29, 0.717) is 64.2 Å². The molecule has 450 valence electrons. The number of carbonyl (C=O) groups is 11. The molecule has 26 heteroatoms. The number of carbonyl (C=O) groups excluding carboxylic acids is 11. The first kappa shape index (κ1) is 61.9. The summed E-state index contributed by atoms with van der Waals surface area (Å²) in [4.78, 5) is 160. The highest BCUT2D eigenvalue weighted by Gasteiger charge is 2.36. The van der Waals surface area contributed by atoms with Crippen LogP contribution in [0.25, 0.3) is 21.5 Å². The minimum absolute atomic E-state index is 0.0444. The van der Waals surface area contributed by atoms with Crippen molar-refractivity contribution in [2.75, 3.05) is 63.4 Å². The van der Waals surface area contributed by atoms with Gasteiger partial charge in [-0.2, -0.15) is 0 Å². The van der Waals surface area contributed by atoms with Crippen molar-refractivity contribution in [2.24, 2.45) is 11.7 Å². The summed E-state index contributed by atoms with van der Waals surface area (Å²) < 4.78 is 5.77. The summed E-state index contributed by atoms with van der Waals surface area (Å²) in [5.74, 6) is -5.14. The fourth-order valence-corrected chi connectivity index (χ4v) is 10.4. The molecule has 0 aromatic heterocycles. The van der Waals surface area contributed by atoms with Crippen LogP contribution in [0.15, 0.2) is 97.1 Å². The van der Waals surface area contributed by atoms with E-state index in [1.165, 1.54) is 29.2 Å². The predicted octanol–water partition coefficient (Wildman–Crippen LogP) is 4.49. The normalized spacial score (nSPS) is 14.2. The van der Waals surface area contributed by atoms with Crippen molar-refractivity contribution in [1.82, 2.24) is 40.9 Å². The standard InChI is InChI=1S/C60H66N12O14/c1-35(2)52(67-47(73)15-4-3-5-28-69-48(74)22-23-49(69)75)54(77)66-46(14-8-25-64-59(62)82)53(76)65-38-18-16-36(17-19-38)34-86-60(83)68(30-31-71-56(79)42-13-7-11-40-45(61)21-20-43(51(40)42)57(71)80)27-9-24-63-26-29-70-55(78)41-12-6-10-37-32-39(72(84)85)33-44(50(37)41)58(70)81/h6-7,10-13,16-23,32-33,35,46,52,63H,3-5,8-9,14-15,24-31,34,61H2,1-2H3,(H,65,76)(H,66,77)(H,67,73)(H3,62,64,82)/t46-,52?/m0/s1. The number of nitrogen functional groups attached to an aromatic ring is 1. The van der Waals surface area contributed by atoms with Crippen molar-refractivity contribution < 1.29 is 62.4 Å². The number of amides is 12. The average Bonchev–Trinajstić information content (AvgIpc) is 0.938. The number of urea groups is 1. The van der Waals surface area contributed by atoms with Crippen LogP contribution in [0.4, 0.5) is 26.7 Å². The number of nitro groups is 1. The van der Waals surface area contributed by atoms with Gasteiger partial charge in [0.2, 0.25) is 17.7 Å². The zero-order valence-corrected chi connectivity index (χ0v) is 47.4. The van der Waals surface area contributed by atoms with E-state index in [0.717, 1.165) is 14.7 Å². The van der Waals surface area contributed by atoms with Crippen molar-refractivity contribution in [3.8, 4) is 0 Å². The van der Waals surface area contributed by atoms with Crippen LogP contribution in [0.2, 0.25) is 0 Å². The molecule has 12 amide bonds. The molecule has 5 aromatic rings. The minimum atomic E-state index is -1.13. The molecule has 0 fully saturated rings. The van der Waals surface area contributed by atoms with Gasteiger partial charge in [-0.3, -0.25) is 68.0 Å². The number of unbranched alkanes of at least 4 members (excludes halogenated alkanes) is 2. The Kier molecular flexibility index (Phi) is 20.2. The van der Waals surface area contributed by atoms with Crippen molar-refractivity contribution in [2.45, 2.75) is 77.5 Å². The highest BCUT2D eigenvalue weighted by Crippen LogP contribution is 2.35. The van der Waals surface area contributed by atoms with Crippen LogP contribution in [0, 0.1) is 16.0 Å². The fraction of sp³-hybridized carbons (Fsp3) is 0.350. The molecular weight excluding hydrogens is 1110 g/mol. The van der Waals surface area contributed by atoms with Gasteiger partial charge >= 0.3 is 12.1 Å². The Morgan fingerprint density at radius 2 is 1.33 bits per heavy atom.